The lowest BCUT2D eigenvalue weighted by Crippen LogP contribution is -1.86. The molecule has 0 aliphatic rings. The molecule has 120 valence electrons. The van der Waals surface area contributed by atoms with Crippen molar-refractivity contribution >= 4 is 39.3 Å². The van der Waals surface area contributed by atoms with Crippen LogP contribution in [-0.4, -0.2) is 15.5 Å². The minimum Gasteiger partial charge on any atom is -0.181 e. The Bertz CT molecular complexity index is 294. The molecule has 0 fully saturated rings. The third-order valence-electron chi connectivity index (χ3n) is 2.93. The van der Waals surface area contributed by atoms with Gasteiger partial charge in [0.15, 0.2) is 12.1 Å². The fourth-order valence-corrected chi connectivity index (χ4v) is 3.29. The molecule has 0 N–H and O–H groups in total. The largest absolute Gasteiger partial charge is 0.181 e. The average Bonchev–Trinajstić information content (AvgIpc) is 2.52. The monoisotopic (exact) mass is 344 g/mol. The summed E-state index contributed by atoms with van der Waals surface area (Å²) in [7, 11) is 0. The Hall–Kier alpha value is -0.230. The van der Waals surface area contributed by atoms with Crippen molar-refractivity contribution in [1.29, 1.82) is 10.5 Å². The Morgan fingerprint density at radius 1 is 0.857 bits per heavy atom. The third kappa shape index (κ3) is 25.1. The first-order valence-electron chi connectivity index (χ1n) is 7.71. The normalized spacial score (nSPS) is 9.14. The molecule has 0 bridgehead atoms. The lowest BCUT2D eigenvalue weighted by molar-refractivity contribution is 0.563. The van der Waals surface area contributed by atoms with E-state index in [1.54, 1.807) is 11.8 Å². The van der Waals surface area contributed by atoms with Crippen LogP contribution in [0.4, 0.5) is 0 Å². The summed E-state index contributed by atoms with van der Waals surface area (Å²) in [6, 6.07) is 2.47. The minimum atomic E-state index is 1.10. The highest BCUT2D eigenvalue weighted by Crippen LogP contribution is 2.17. The lowest BCUT2D eigenvalue weighted by Gasteiger charge is -2.02. The molecule has 0 heterocycles. The molecule has 0 atom stereocenters. The summed E-state index contributed by atoms with van der Waals surface area (Å²) in [6.07, 6.45) is 16.2. The van der Waals surface area contributed by atoms with E-state index in [4.69, 9.17) is 22.7 Å². The quantitative estimate of drug-likeness (QED) is 0.324. The van der Waals surface area contributed by atoms with E-state index in [0.717, 1.165) is 3.53 Å². The molecule has 0 spiro atoms. The van der Waals surface area contributed by atoms with Crippen LogP contribution in [0.25, 0.3) is 0 Å². The SMILES string of the molecule is CCCCCCCCCCCCSC(=S)SC.N#CC#N. The topological polar surface area (TPSA) is 47.6 Å². The summed E-state index contributed by atoms with van der Waals surface area (Å²) in [5.41, 5.74) is 0. The standard InChI is InChI=1S/C14H28S3.C2N2/c1-3-4-5-6-7-8-9-10-11-12-13-17-14(15)16-2;3-1-2-4/h3-13H2,1-2H3;. The van der Waals surface area contributed by atoms with Gasteiger partial charge in [0, 0.05) is 0 Å². The van der Waals surface area contributed by atoms with Gasteiger partial charge in [-0.05, 0) is 18.4 Å². The molecule has 21 heavy (non-hydrogen) atoms. The zero-order valence-corrected chi connectivity index (χ0v) is 15.8. The second-order valence-electron chi connectivity index (χ2n) is 4.71. The Morgan fingerprint density at radius 2 is 1.29 bits per heavy atom. The molecule has 0 rings (SSSR count). The molecule has 0 saturated carbocycles. The smallest absolute Gasteiger partial charge is 0.181 e. The van der Waals surface area contributed by atoms with Crippen LogP contribution in [0.5, 0.6) is 0 Å². The van der Waals surface area contributed by atoms with Crippen LogP contribution < -0.4 is 0 Å². The van der Waals surface area contributed by atoms with E-state index in [0.29, 0.717) is 0 Å². The molecule has 0 aliphatic heterocycles. The highest BCUT2D eigenvalue weighted by Gasteiger charge is 1.95. The first kappa shape index (κ1) is 23.0. The van der Waals surface area contributed by atoms with Crippen molar-refractivity contribution in [1.82, 2.24) is 0 Å². The predicted octanol–water partition coefficient (Wildman–Crippen LogP) is 6.32. The van der Waals surface area contributed by atoms with Crippen LogP contribution in [0.3, 0.4) is 0 Å². The molecule has 2 nitrogen and oxygen atoms in total. The van der Waals surface area contributed by atoms with Crippen LogP contribution >= 0.6 is 35.7 Å². The second-order valence-corrected chi connectivity index (χ2v) is 7.81. The number of unbranched alkanes of at least 4 members (excludes halogenated alkanes) is 9. The number of nitriles is 2. The summed E-state index contributed by atoms with van der Waals surface area (Å²) in [4.78, 5) is 0. The molecule has 5 heteroatoms. The number of nitrogens with zero attached hydrogens (tertiary/aromatic N) is 2. The van der Waals surface area contributed by atoms with Crippen LogP contribution in [-0.2, 0) is 0 Å². The maximum absolute atomic E-state index is 7.26. The minimum absolute atomic E-state index is 1.10. The van der Waals surface area contributed by atoms with E-state index in [1.165, 1.54) is 82.1 Å². The van der Waals surface area contributed by atoms with Gasteiger partial charge < -0.3 is 0 Å². The van der Waals surface area contributed by atoms with Gasteiger partial charge in [-0.15, -0.1) is 23.5 Å². The van der Waals surface area contributed by atoms with Gasteiger partial charge in [0.2, 0.25) is 0 Å². The molecule has 0 amide bonds. The molecule has 0 saturated heterocycles. The first-order chi connectivity index (χ1) is 10.2. The Kier molecular flexibility index (Phi) is 24.2. The van der Waals surface area contributed by atoms with Gasteiger partial charge in [-0.3, -0.25) is 0 Å². The van der Waals surface area contributed by atoms with E-state index >= 15 is 0 Å². The van der Waals surface area contributed by atoms with Crippen LogP contribution in [0.15, 0.2) is 0 Å². The van der Waals surface area contributed by atoms with Gasteiger partial charge in [0.25, 0.3) is 0 Å². The molecule has 0 aromatic heterocycles. The van der Waals surface area contributed by atoms with Gasteiger partial charge >= 0.3 is 0 Å². The summed E-state index contributed by atoms with van der Waals surface area (Å²) >= 11 is 8.70. The number of hydrogen-bond donors (Lipinski definition) is 0. The van der Waals surface area contributed by atoms with E-state index < -0.39 is 0 Å². The molecule has 0 aliphatic carbocycles. The highest BCUT2D eigenvalue weighted by atomic mass is 32.2. The molecule has 0 radical (unpaired) electrons. The predicted molar refractivity (Wildman–Crippen MR) is 102 cm³/mol. The Balaban J connectivity index is 0. The molecular weight excluding hydrogens is 316 g/mol. The van der Waals surface area contributed by atoms with Crippen molar-refractivity contribution < 1.29 is 0 Å². The Morgan fingerprint density at radius 3 is 1.67 bits per heavy atom. The number of thioether (sulfide) groups is 2. The number of thiocarbonyl (C=S) groups is 1. The molecular formula is C16H28N2S3. The molecule has 0 unspecified atom stereocenters. The van der Waals surface area contributed by atoms with Crippen molar-refractivity contribution in [3.05, 3.63) is 0 Å². The summed E-state index contributed by atoms with van der Waals surface area (Å²) < 4.78 is 1.10. The van der Waals surface area contributed by atoms with E-state index in [2.05, 4.69) is 13.2 Å². The summed E-state index contributed by atoms with van der Waals surface area (Å²) in [6.45, 7) is 2.28. The average molecular weight is 345 g/mol. The van der Waals surface area contributed by atoms with Crippen LogP contribution in [0, 0.1) is 22.7 Å². The summed E-state index contributed by atoms with van der Waals surface area (Å²) in [5.74, 6) is 1.22. The fraction of sp³-hybridized carbons (Fsp3) is 0.812. The highest BCUT2D eigenvalue weighted by molar-refractivity contribution is 8.46. The second kappa shape index (κ2) is 22.1. The maximum Gasteiger partial charge on any atom is 0.181 e. The van der Waals surface area contributed by atoms with Crippen molar-refractivity contribution in [2.24, 2.45) is 0 Å². The molecule has 0 aromatic carbocycles. The Labute approximate surface area is 145 Å². The first-order valence-corrected chi connectivity index (χ1v) is 10.3. The summed E-state index contributed by atoms with van der Waals surface area (Å²) in [5, 5.41) is 14.5. The van der Waals surface area contributed by atoms with Gasteiger partial charge in [0.05, 0.1) is 0 Å². The van der Waals surface area contributed by atoms with Gasteiger partial charge in [-0.1, -0.05) is 76.9 Å². The maximum atomic E-state index is 7.26. The number of rotatable bonds is 11. The van der Waals surface area contributed by atoms with Crippen molar-refractivity contribution in [2.75, 3.05) is 12.0 Å². The van der Waals surface area contributed by atoms with E-state index in [1.807, 2.05) is 11.8 Å². The zero-order valence-electron chi connectivity index (χ0n) is 13.4. The number of hydrogen-bond acceptors (Lipinski definition) is 5. The van der Waals surface area contributed by atoms with E-state index in [-0.39, 0.29) is 0 Å². The van der Waals surface area contributed by atoms with E-state index in [9.17, 15) is 0 Å². The third-order valence-corrected chi connectivity index (χ3v) is 5.70. The van der Waals surface area contributed by atoms with Gasteiger partial charge in [-0.25, -0.2) is 0 Å². The lowest BCUT2D eigenvalue weighted by atomic mass is 10.1. The fourth-order valence-electron chi connectivity index (χ4n) is 1.80. The van der Waals surface area contributed by atoms with Gasteiger partial charge in [0.1, 0.15) is 3.53 Å². The molecule has 0 aromatic rings. The van der Waals surface area contributed by atoms with Gasteiger partial charge in [-0.2, -0.15) is 10.5 Å². The van der Waals surface area contributed by atoms with Crippen molar-refractivity contribution in [3.8, 4) is 12.1 Å². The van der Waals surface area contributed by atoms with Crippen molar-refractivity contribution in [3.63, 3.8) is 0 Å². The van der Waals surface area contributed by atoms with Crippen LogP contribution in [0.2, 0.25) is 0 Å². The van der Waals surface area contributed by atoms with Crippen molar-refractivity contribution in [2.45, 2.75) is 71.1 Å². The zero-order chi connectivity index (χ0) is 16.2. The van der Waals surface area contributed by atoms with Crippen LogP contribution in [0.1, 0.15) is 71.1 Å².